The summed E-state index contributed by atoms with van der Waals surface area (Å²) < 4.78 is 4.70. The third kappa shape index (κ3) is 19.3. The molecule has 0 fully saturated rings. The zero-order valence-electron chi connectivity index (χ0n) is 17.4. The molecule has 0 saturated heterocycles. The third-order valence-electron chi connectivity index (χ3n) is 4.72. The summed E-state index contributed by atoms with van der Waals surface area (Å²) in [6.45, 7) is 4.16. The van der Waals surface area contributed by atoms with Crippen LogP contribution in [-0.2, 0) is 9.53 Å². The summed E-state index contributed by atoms with van der Waals surface area (Å²) in [4.78, 5) is 11.2. The summed E-state index contributed by atoms with van der Waals surface area (Å²) >= 11 is 0. The smallest absolute Gasteiger partial charge is 0.312 e. The van der Waals surface area contributed by atoms with Crippen LogP contribution in [0.4, 0.5) is 0 Å². The summed E-state index contributed by atoms with van der Waals surface area (Å²) in [5, 5.41) is 0. The monoisotopic (exact) mass is 355 g/mol. The highest BCUT2D eigenvalue weighted by atomic mass is 16.5. The summed E-state index contributed by atoms with van der Waals surface area (Å²) in [6.07, 6.45) is 24.7. The molecule has 1 unspecified atom stereocenters. The fourth-order valence-electron chi connectivity index (χ4n) is 3.02. The molecule has 3 N–H and O–H groups in total. The number of hydrogen-bond donors (Lipinski definition) is 1. The largest absolute Gasteiger partial charge is 0.469 e. The van der Waals surface area contributed by atoms with Gasteiger partial charge < -0.3 is 10.9 Å². The van der Waals surface area contributed by atoms with Gasteiger partial charge in [0.2, 0.25) is 0 Å². The fraction of sp³-hybridized carbons (Fsp3) is 0.864. The molecular formula is C22H45NO2. The van der Waals surface area contributed by atoms with E-state index in [0.29, 0.717) is 0 Å². The average molecular weight is 356 g/mol. The molecule has 150 valence electrons. The minimum Gasteiger partial charge on any atom is -0.469 e. The van der Waals surface area contributed by atoms with Crippen LogP contribution in [0.3, 0.4) is 0 Å². The Morgan fingerprint density at radius 1 is 0.800 bits per heavy atom. The predicted molar refractivity (Wildman–Crippen MR) is 110 cm³/mol. The second-order valence-electron chi connectivity index (χ2n) is 7.12. The molecule has 0 heterocycles. The lowest BCUT2D eigenvalue weighted by atomic mass is 10.0. The van der Waals surface area contributed by atoms with E-state index in [2.05, 4.69) is 13.0 Å². The lowest BCUT2D eigenvalue weighted by Crippen LogP contribution is -2.09. The molecule has 0 spiro atoms. The van der Waals surface area contributed by atoms with E-state index in [-0.39, 0.29) is 18.0 Å². The van der Waals surface area contributed by atoms with Gasteiger partial charge in [-0.2, -0.15) is 0 Å². The SMILES string of the molecule is CCCCCCCCCCCCCCCCC=CC(C)C(=O)OC.N. The number of hydrogen-bond acceptors (Lipinski definition) is 3. The van der Waals surface area contributed by atoms with Gasteiger partial charge in [-0.25, -0.2) is 0 Å². The van der Waals surface area contributed by atoms with Crippen LogP contribution >= 0.6 is 0 Å². The molecule has 3 heteroatoms. The number of unbranched alkanes of at least 4 members (excludes halogenated alkanes) is 14. The molecule has 0 aliphatic carbocycles. The van der Waals surface area contributed by atoms with E-state index in [1.807, 2.05) is 13.0 Å². The van der Waals surface area contributed by atoms with Gasteiger partial charge in [-0.05, 0) is 19.8 Å². The third-order valence-corrected chi connectivity index (χ3v) is 4.72. The highest BCUT2D eigenvalue weighted by Gasteiger charge is 2.07. The van der Waals surface area contributed by atoms with E-state index >= 15 is 0 Å². The highest BCUT2D eigenvalue weighted by Crippen LogP contribution is 2.13. The fourth-order valence-corrected chi connectivity index (χ4v) is 3.02. The van der Waals surface area contributed by atoms with Crippen molar-refractivity contribution in [1.82, 2.24) is 6.15 Å². The Bertz CT molecular complexity index is 302. The van der Waals surface area contributed by atoms with Gasteiger partial charge in [-0.3, -0.25) is 4.79 Å². The Morgan fingerprint density at radius 2 is 1.20 bits per heavy atom. The van der Waals surface area contributed by atoms with Crippen molar-refractivity contribution in [3.63, 3.8) is 0 Å². The molecular weight excluding hydrogens is 310 g/mol. The number of allylic oxidation sites excluding steroid dienone is 1. The molecule has 0 aromatic heterocycles. The Labute approximate surface area is 157 Å². The van der Waals surface area contributed by atoms with Crippen molar-refractivity contribution in [2.24, 2.45) is 5.92 Å². The molecule has 0 aromatic rings. The predicted octanol–water partition coefficient (Wildman–Crippen LogP) is 7.39. The van der Waals surface area contributed by atoms with E-state index < -0.39 is 0 Å². The second-order valence-corrected chi connectivity index (χ2v) is 7.12. The van der Waals surface area contributed by atoms with Crippen LogP contribution in [0.1, 0.15) is 110 Å². The van der Waals surface area contributed by atoms with Crippen molar-refractivity contribution in [2.75, 3.05) is 7.11 Å². The van der Waals surface area contributed by atoms with Crippen LogP contribution in [0.15, 0.2) is 12.2 Å². The molecule has 25 heavy (non-hydrogen) atoms. The number of carbonyl (C=O) groups is 1. The van der Waals surface area contributed by atoms with Crippen molar-refractivity contribution in [2.45, 2.75) is 110 Å². The van der Waals surface area contributed by atoms with Crippen molar-refractivity contribution < 1.29 is 9.53 Å². The minimum atomic E-state index is -0.146. The molecule has 0 saturated carbocycles. The minimum absolute atomic E-state index is 0. The average Bonchev–Trinajstić information content (AvgIpc) is 2.60. The Hall–Kier alpha value is -0.830. The summed E-state index contributed by atoms with van der Waals surface area (Å²) in [5.74, 6) is -0.256. The number of rotatable bonds is 17. The van der Waals surface area contributed by atoms with Crippen molar-refractivity contribution in [1.29, 1.82) is 0 Å². The van der Waals surface area contributed by atoms with Gasteiger partial charge in [0.05, 0.1) is 13.0 Å². The van der Waals surface area contributed by atoms with E-state index in [0.717, 1.165) is 6.42 Å². The van der Waals surface area contributed by atoms with Gasteiger partial charge in [0, 0.05) is 0 Å². The van der Waals surface area contributed by atoms with E-state index in [1.165, 1.54) is 97.0 Å². The second kappa shape index (κ2) is 21.2. The quantitative estimate of drug-likeness (QED) is 0.168. The zero-order valence-corrected chi connectivity index (χ0v) is 17.4. The Balaban J connectivity index is 0. The van der Waals surface area contributed by atoms with E-state index in [4.69, 9.17) is 4.74 Å². The molecule has 0 aliphatic heterocycles. The topological polar surface area (TPSA) is 61.3 Å². The van der Waals surface area contributed by atoms with E-state index in [9.17, 15) is 4.79 Å². The molecule has 1 atom stereocenters. The van der Waals surface area contributed by atoms with Crippen LogP contribution in [0.5, 0.6) is 0 Å². The normalized spacial score (nSPS) is 12.1. The van der Waals surface area contributed by atoms with Gasteiger partial charge in [-0.15, -0.1) is 0 Å². The van der Waals surface area contributed by atoms with Crippen LogP contribution in [0, 0.1) is 5.92 Å². The highest BCUT2D eigenvalue weighted by molar-refractivity contribution is 5.73. The van der Waals surface area contributed by atoms with Gasteiger partial charge >= 0.3 is 5.97 Å². The maximum Gasteiger partial charge on any atom is 0.312 e. The number of ether oxygens (including phenoxy) is 1. The van der Waals surface area contributed by atoms with Crippen molar-refractivity contribution >= 4 is 5.97 Å². The molecule has 0 aromatic carbocycles. The first-order chi connectivity index (χ1) is 11.7. The van der Waals surface area contributed by atoms with Crippen LogP contribution in [-0.4, -0.2) is 13.1 Å². The molecule has 0 amide bonds. The first-order valence-electron chi connectivity index (χ1n) is 10.5. The number of carbonyl (C=O) groups excluding carboxylic acids is 1. The lowest BCUT2D eigenvalue weighted by Gasteiger charge is -2.03. The Morgan fingerprint density at radius 3 is 1.60 bits per heavy atom. The number of methoxy groups -OCH3 is 1. The molecule has 0 aliphatic rings. The van der Waals surface area contributed by atoms with Crippen molar-refractivity contribution in [3.8, 4) is 0 Å². The summed E-state index contributed by atoms with van der Waals surface area (Å²) in [6, 6.07) is 0. The maximum atomic E-state index is 11.2. The zero-order chi connectivity index (χ0) is 17.9. The van der Waals surface area contributed by atoms with Gasteiger partial charge in [0.1, 0.15) is 0 Å². The first-order valence-corrected chi connectivity index (χ1v) is 10.5. The summed E-state index contributed by atoms with van der Waals surface area (Å²) in [7, 11) is 1.44. The van der Waals surface area contributed by atoms with E-state index in [1.54, 1.807) is 0 Å². The molecule has 0 bridgehead atoms. The Kier molecular flexibility index (Phi) is 22.4. The van der Waals surface area contributed by atoms with Crippen LogP contribution < -0.4 is 6.15 Å². The van der Waals surface area contributed by atoms with Gasteiger partial charge in [0.15, 0.2) is 0 Å². The molecule has 0 radical (unpaired) electrons. The first kappa shape index (κ1) is 26.4. The van der Waals surface area contributed by atoms with Gasteiger partial charge in [-0.1, -0.05) is 103 Å². The van der Waals surface area contributed by atoms with Gasteiger partial charge in [0.25, 0.3) is 0 Å². The summed E-state index contributed by atoms with van der Waals surface area (Å²) in [5.41, 5.74) is 0. The molecule has 3 nitrogen and oxygen atoms in total. The number of esters is 1. The standard InChI is InChI=1S/C22H42O2.H3N/c1-4-5-6-7-8-9-10-11-12-13-14-15-16-17-18-19-20-21(2)22(23)24-3;/h19-21H,4-18H2,1-3H3;1H3. The molecule has 0 rings (SSSR count). The van der Waals surface area contributed by atoms with Crippen molar-refractivity contribution in [3.05, 3.63) is 12.2 Å². The maximum absolute atomic E-state index is 11.2. The van der Waals surface area contributed by atoms with Crippen LogP contribution in [0.2, 0.25) is 0 Å². The lowest BCUT2D eigenvalue weighted by molar-refractivity contribution is -0.143. The van der Waals surface area contributed by atoms with Crippen LogP contribution in [0.25, 0.3) is 0 Å².